The van der Waals surface area contributed by atoms with Gasteiger partial charge >= 0.3 is 11.9 Å². The second-order valence-corrected chi connectivity index (χ2v) is 7.81. The fourth-order valence-corrected chi connectivity index (χ4v) is 4.03. The molecule has 0 unspecified atom stereocenters. The maximum atomic E-state index is 13.0. The first-order valence-corrected chi connectivity index (χ1v) is 10.4. The SMILES string of the molecule is CCOC(=O)C1CC[NH+]([C@H](C)C(=O)Nc2c(C(=O)OC)[nH]c3ccc(C)cc23)CC1. The lowest BCUT2D eigenvalue weighted by Gasteiger charge is -2.31. The second-order valence-electron chi connectivity index (χ2n) is 7.81. The van der Waals surface area contributed by atoms with E-state index in [4.69, 9.17) is 9.47 Å². The van der Waals surface area contributed by atoms with E-state index in [0.29, 0.717) is 25.1 Å². The Morgan fingerprint density at radius 3 is 2.60 bits per heavy atom. The van der Waals surface area contributed by atoms with Gasteiger partial charge in [0.15, 0.2) is 6.04 Å². The zero-order valence-electron chi connectivity index (χ0n) is 18.0. The quantitative estimate of drug-likeness (QED) is 0.619. The van der Waals surface area contributed by atoms with Gasteiger partial charge in [0.05, 0.1) is 38.4 Å². The number of quaternary nitrogens is 1. The number of likely N-dealkylation sites (tertiary alicyclic amines) is 1. The molecule has 0 bridgehead atoms. The molecular weight excluding hydrogens is 386 g/mol. The molecule has 162 valence electrons. The van der Waals surface area contributed by atoms with Crippen molar-refractivity contribution in [1.82, 2.24) is 4.98 Å². The predicted molar refractivity (Wildman–Crippen MR) is 113 cm³/mol. The minimum Gasteiger partial charge on any atom is -0.466 e. The van der Waals surface area contributed by atoms with E-state index >= 15 is 0 Å². The fourth-order valence-electron chi connectivity index (χ4n) is 4.03. The third kappa shape index (κ3) is 4.48. The first-order chi connectivity index (χ1) is 14.3. The number of rotatable bonds is 6. The van der Waals surface area contributed by atoms with Gasteiger partial charge < -0.3 is 24.7 Å². The number of H-pyrrole nitrogens is 1. The number of amides is 1. The van der Waals surface area contributed by atoms with Gasteiger partial charge in [0.2, 0.25) is 0 Å². The Hall–Kier alpha value is -2.87. The Labute approximate surface area is 175 Å². The molecule has 1 fully saturated rings. The molecule has 1 aromatic heterocycles. The van der Waals surface area contributed by atoms with Crippen LogP contribution < -0.4 is 10.2 Å². The summed E-state index contributed by atoms with van der Waals surface area (Å²) >= 11 is 0. The molecular formula is C22H30N3O5+. The van der Waals surface area contributed by atoms with E-state index in [1.54, 1.807) is 6.92 Å². The zero-order chi connectivity index (χ0) is 21.8. The molecule has 0 aliphatic carbocycles. The molecule has 1 aliphatic rings. The van der Waals surface area contributed by atoms with Gasteiger partial charge in [-0.3, -0.25) is 9.59 Å². The number of anilines is 1. The van der Waals surface area contributed by atoms with Gasteiger partial charge in [-0.05, 0) is 32.9 Å². The summed E-state index contributed by atoms with van der Waals surface area (Å²) in [7, 11) is 1.31. The van der Waals surface area contributed by atoms with E-state index in [0.717, 1.165) is 34.5 Å². The normalized spacial score (nSPS) is 19.9. The number of hydrogen-bond donors (Lipinski definition) is 3. The van der Waals surface area contributed by atoms with Crippen LogP contribution in [0.2, 0.25) is 0 Å². The summed E-state index contributed by atoms with van der Waals surface area (Å²) in [5, 5.41) is 3.71. The topological polar surface area (TPSA) is 102 Å². The number of nitrogens with one attached hydrogen (secondary N) is 3. The third-order valence-electron chi connectivity index (χ3n) is 5.85. The molecule has 0 spiro atoms. The van der Waals surface area contributed by atoms with Crippen LogP contribution in [0.3, 0.4) is 0 Å². The summed E-state index contributed by atoms with van der Waals surface area (Å²) in [6.45, 7) is 7.45. The van der Waals surface area contributed by atoms with Crippen molar-refractivity contribution < 1.29 is 28.8 Å². The molecule has 3 N–H and O–H groups in total. The molecule has 2 aromatic rings. The summed E-state index contributed by atoms with van der Waals surface area (Å²) in [5.74, 6) is -0.946. The van der Waals surface area contributed by atoms with E-state index in [1.807, 2.05) is 32.0 Å². The average Bonchev–Trinajstić information content (AvgIpc) is 3.10. The Morgan fingerprint density at radius 1 is 1.27 bits per heavy atom. The van der Waals surface area contributed by atoms with E-state index in [2.05, 4.69) is 10.3 Å². The molecule has 2 heterocycles. The average molecular weight is 416 g/mol. The first-order valence-electron chi connectivity index (χ1n) is 10.4. The van der Waals surface area contributed by atoms with Crippen molar-refractivity contribution in [2.45, 2.75) is 39.7 Å². The van der Waals surface area contributed by atoms with Crippen LogP contribution in [0.5, 0.6) is 0 Å². The molecule has 8 nitrogen and oxygen atoms in total. The van der Waals surface area contributed by atoms with E-state index in [-0.39, 0.29) is 29.5 Å². The Bertz CT molecular complexity index is 944. The Morgan fingerprint density at radius 2 is 1.97 bits per heavy atom. The van der Waals surface area contributed by atoms with Crippen LogP contribution in [0, 0.1) is 12.8 Å². The first kappa shape index (κ1) is 21.8. The van der Waals surface area contributed by atoms with Gasteiger partial charge in [-0.15, -0.1) is 0 Å². The van der Waals surface area contributed by atoms with Crippen molar-refractivity contribution in [2.24, 2.45) is 5.92 Å². The fraction of sp³-hybridized carbons (Fsp3) is 0.500. The van der Waals surface area contributed by atoms with Gasteiger partial charge in [-0.2, -0.15) is 0 Å². The molecule has 0 radical (unpaired) electrons. The number of benzene rings is 1. The molecule has 1 atom stereocenters. The second kappa shape index (κ2) is 9.30. The van der Waals surface area contributed by atoms with Crippen molar-refractivity contribution in [3.63, 3.8) is 0 Å². The van der Waals surface area contributed by atoms with Crippen LogP contribution in [0.4, 0.5) is 5.69 Å². The van der Waals surface area contributed by atoms with Crippen molar-refractivity contribution in [3.8, 4) is 0 Å². The number of fused-ring (bicyclic) bond motifs is 1. The molecule has 1 amide bonds. The molecule has 1 saturated heterocycles. The molecule has 3 rings (SSSR count). The van der Waals surface area contributed by atoms with E-state index < -0.39 is 5.97 Å². The number of carbonyl (C=O) groups is 3. The summed E-state index contributed by atoms with van der Waals surface area (Å²) in [5.41, 5.74) is 2.45. The van der Waals surface area contributed by atoms with Crippen molar-refractivity contribution in [2.75, 3.05) is 32.1 Å². The zero-order valence-corrected chi connectivity index (χ0v) is 18.0. The standard InChI is InChI=1S/C22H29N3O5/c1-5-30-21(27)15-8-10-25(11-9-15)14(3)20(26)24-18-16-12-13(2)6-7-17(16)23-19(18)22(28)29-4/h6-7,12,14-15,23H,5,8-11H2,1-4H3,(H,24,26)/p+1/t14-/m1/s1. The number of carbonyl (C=O) groups excluding carboxylic acids is 3. The van der Waals surface area contributed by atoms with Crippen LogP contribution in [0.1, 0.15) is 42.7 Å². The molecule has 1 aromatic carbocycles. The summed E-state index contributed by atoms with van der Waals surface area (Å²) in [4.78, 5) is 41.4. The molecule has 30 heavy (non-hydrogen) atoms. The van der Waals surface area contributed by atoms with Gasteiger partial charge in [0.1, 0.15) is 5.69 Å². The van der Waals surface area contributed by atoms with E-state index in [1.165, 1.54) is 7.11 Å². The largest absolute Gasteiger partial charge is 0.466 e. The van der Waals surface area contributed by atoms with Crippen molar-refractivity contribution in [1.29, 1.82) is 0 Å². The van der Waals surface area contributed by atoms with Crippen LogP contribution in [0.15, 0.2) is 18.2 Å². The number of esters is 2. The number of aromatic nitrogens is 1. The predicted octanol–water partition coefficient (Wildman–Crippen LogP) is 1.45. The highest BCUT2D eigenvalue weighted by molar-refractivity contribution is 6.11. The number of piperidine rings is 1. The molecule has 1 aliphatic heterocycles. The number of hydrogen-bond acceptors (Lipinski definition) is 5. The lowest BCUT2D eigenvalue weighted by Crippen LogP contribution is -3.17. The third-order valence-corrected chi connectivity index (χ3v) is 5.85. The monoisotopic (exact) mass is 416 g/mol. The minimum absolute atomic E-state index is 0.0912. The van der Waals surface area contributed by atoms with Crippen LogP contribution in [-0.4, -0.2) is 55.7 Å². The highest BCUT2D eigenvalue weighted by Gasteiger charge is 2.34. The number of methoxy groups -OCH3 is 1. The lowest BCUT2D eigenvalue weighted by molar-refractivity contribution is -0.919. The highest BCUT2D eigenvalue weighted by Crippen LogP contribution is 2.29. The summed E-state index contributed by atoms with van der Waals surface area (Å²) < 4.78 is 10.00. The van der Waals surface area contributed by atoms with Crippen molar-refractivity contribution in [3.05, 3.63) is 29.5 Å². The number of aromatic amines is 1. The van der Waals surface area contributed by atoms with E-state index in [9.17, 15) is 14.4 Å². The van der Waals surface area contributed by atoms with Gasteiger partial charge in [-0.25, -0.2) is 4.79 Å². The maximum absolute atomic E-state index is 13.0. The lowest BCUT2D eigenvalue weighted by atomic mass is 9.96. The summed E-state index contributed by atoms with van der Waals surface area (Å²) in [6.07, 6.45) is 1.40. The maximum Gasteiger partial charge on any atom is 0.356 e. The number of aryl methyl sites for hydroxylation is 1. The van der Waals surface area contributed by atoms with Crippen LogP contribution in [0.25, 0.3) is 10.9 Å². The Balaban J connectivity index is 1.74. The Kier molecular flexibility index (Phi) is 6.77. The van der Waals surface area contributed by atoms with Gasteiger partial charge in [0, 0.05) is 23.7 Å². The minimum atomic E-state index is -0.533. The molecule has 0 saturated carbocycles. The molecule has 8 heteroatoms. The van der Waals surface area contributed by atoms with Crippen LogP contribution in [-0.2, 0) is 19.1 Å². The highest BCUT2D eigenvalue weighted by atomic mass is 16.5. The van der Waals surface area contributed by atoms with Gasteiger partial charge in [-0.1, -0.05) is 11.6 Å². The van der Waals surface area contributed by atoms with Crippen LogP contribution >= 0.6 is 0 Å². The number of ether oxygens (including phenoxy) is 2. The summed E-state index contributed by atoms with van der Waals surface area (Å²) in [6, 6.07) is 5.41. The van der Waals surface area contributed by atoms with Crippen molar-refractivity contribution >= 4 is 34.4 Å². The smallest absolute Gasteiger partial charge is 0.356 e. The van der Waals surface area contributed by atoms with Gasteiger partial charge in [0.25, 0.3) is 5.91 Å².